The zero-order valence-corrected chi connectivity index (χ0v) is 14.0. The summed E-state index contributed by atoms with van der Waals surface area (Å²) in [5.41, 5.74) is 5.90. The summed E-state index contributed by atoms with van der Waals surface area (Å²) in [5.74, 6) is 1.18. The fourth-order valence-corrected chi connectivity index (χ4v) is 3.91. The number of anilines is 2. The van der Waals surface area contributed by atoms with E-state index in [9.17, 15) is 4.79 Å². The van der Waals surface area contributed by atoms with Gasteiger partial charge in [0.15, 0.2) is 5.13 Å². The molecule has 3 N–H and O–H groups in total. The van der Waals surface area contributed by atoms with Crippen molar-refractivity contribution in [3.8, 4) is 0 Å². The van der Waals surface area contributed by atoms with E-state index in [0.29, 0.717) is 16.7 Å². The highest BCUT2D eigenvalue weighted by molar-refractivity contribution is 7.18. The quantitative estimate of drug-likeness (QED) is 0.876. The molecule has 118 valence electrons. The van der Waals surface area contributed by atoms with E-state index in [2.05, 4.69) is 17.2 Å². The van der Waals surface area contributed by atoms with Gasteiger partial charge >= 0.3 is 0 Å². The van der Waals surface area contributed by atoms with Crippen molar-refractivity contribution < 1.29 is 4.79 Å². The van der Waals surface area contributed by atoms with Crippen molar-refractivity contribution in [1.82, 2.24) is 9.88 Å². The third-order valence-electron chi connectivity index (χ3n) is 4.44. The summed E-state index contributed by atoms with van der Waals surface area (Å²) < 4.78 is 0. The standard InChI is InChI=1S/C15H26N4OS/c1-4-10-6-8-11(9-7-10)19(3)14(20)12-13(16)18-15(21-12)17-5-2/h10-11H,4-9,16H2,1-3H3,(H,17,18). The van der Waals surface area contributed by atoms with Gasteiger partial charge in [0.05, 0.1) is 0 Å². The van der Waals surface area contributed by atoms with Crippen LogP contribution in [0.2, 0.25) is 0 Å². The van der Waals surface area contributed by atoms with Crippen molar-refractivity contribution >= 4 is 28.2 Å². The number of carbonyl (C=O) groups excluding carboxylic acids is 1. The molecule has 1 aromatic rings. The summed E-state index contributed by atoms with van der Waals surface area (Å²) in [6.07, 6.45) is 5.89. The number of hydrogen-bond acceptors (Lipinski definition) is 5. The van der Waals surface area contributed by atoms with Gasteiger partial charge in [-0.3, -0.25) is 4.79 Å². The van der Waals surface area contributed by atoms with Crippen molar-refractivity contribution in [1.29, 1.82) is 0 Å². The first-order valence-electron chi connectivity index (χ1n) is 7.84. The van der Waals surface area contributed by atoms with Crippen molar-refractivity contribution in [3.05, 3.63) is 4.88 Å². The van der Waals surface area contributed by atoms with Gasteiger partial charge in [0.2, 0.25) is 0 Å². The number of nitrogens with one attached hydrogen (secondary N) is 1. The van der Waals surface area contributed by atoms with E-state index >= 15 is 0 Å². The average molecular weight is 310 g/mol. The highest BCUT2D eigenvalue weighted by Crippen LogP contribution is 2.31. The van der Waals surface area contributed by atoms with E-state index in [0.717, 1.165) is 30.4 Å². The van der Waals surface area contributed by atoms with Crippen molar-refractivity contribution in [2.45, 2.75) is 52.0 Å². The number of thiazole rings is 1. The maximum atomic E-state index is 12.6. The number of nitrogen functional groups attached to an aromatic ring is 1. The molecule has 0 spiro atoms. The zero-order valence-electron chi connectivity index (χ0n) is 13.2. The molecule has 1 aliphatic carbocycles. The lowest BCUT2D eigenvalue weighted by Crippen LogP contribution is -2.39. The number of carbonyl (C=O) groups is 1. The lowest BCUT2D eigenvalue weighted by atomic mass is 9.84. The third kappa shape index (κ3) is 3.67. The monoisotopic (exact) mass is 310 g/mol. The molecule has 0 aromatic carbocycles. The van der Waals surface area contributed by atoms with Crippen LogP contribution >= 0.6 is 11.3 Å². The molecular formula is C15H26N4OS. The van der Waals surface area contributed by atoms with Gasteiger partial charge in [-0.2, -0.15) is 0 Å². The van der Waals surface area contributed by atoms with Gasteiger partial charge in [0.1, 0.15) is 10.7 Å². The summed E-state index contributed by atoms with van der Waals surface area (Å²) in [7, 11) is 1.89. The molecule has 1 aromatic heterocycles. The lowest BCUT2D eigenvalue weighted by molar-refractivity contribution is 0.0680. The van der Waals surface area contributed by atoms with Crippen LogP contribution in [0.3, 0.4) is 0 Å². The molecular weight excluding hydrogens is 284 g/mol. The Bertz CT molecular complexity index is 480. The smallest absolute Gasteiger partial charge is 0.267 e. The SMILES string of the molecule is CCNc1nc(N)c(C(=O)N(C)C2CCC(CC)CC2)s1. The Morgan fingerprint density at radius 3 is 2.62 bits per heavy atom. The molecule has 1 amide bonds. The zero-order chi connectivity index (χ0) is 15.4. The maximum absolute atomic E-state index is 12.6. The molecule has 1 heterocycles. The second-order valence-electron chi connectivity index (χ2n) is 5.76. The molecule has 0 saturated heterocycles. The van der Waals surface area contributed by atoms with E-state index < -0.39 is 0 Å². The van der Waals surface area contributed by atoms with Gasteiger partial charge in [-0.1, -0.05) is 24.7 Å². The van der Waals surface area contributed by atoms with Gasteiger partial charge in [-0.15, -0.1) is 0 Å². The molecule has 0 unspecified atom stereocenters. The summed E-state index contributed by atoms with van der Waals surface area (Å²) >= 11 is 1.35. The number of rotatable bonds is 5. The van der Waals surface area contributed by atoms with E-state index in [1.165, 1.54) is 30.6 Å². The predicted molar refractivity (Wildman–Crippen MR) is 88.8 cm³/mol. The molecule has 1 aliphatic rings. The summed E-state index contributed by atoms with van der Waals surface area (Å²) in [6.45, 7) is 5.02. The lowest BCUT2D eigenvalue weighted by Gasteiger charge is -2.34. The van der Waals surface area contributed by atoms with Crippen molar-refractivity contribution in [2.75, 3.05) is 24.6 Å². The van der Waals surface area contributed by atoms with Crippen LogP contribution in [0.5, 0.6) is 0 Å². The van der Waals surface area contributed by atoms with E-state index in [4.69, 9.17) is 5.73 Å². The minimum atomic E-state index is 0.00843. The van der Waals surface area contributed by atoms with Gasteiger partial charge in [0.25, 0.3) is 5.91 Å². The van der Waals surface area contributed by atoms with Crippen LogP contribution in [0, 0.1) is 5.92 Å². The number of nitrogens with zero attached hydrogens (tertiary/aromatic N) is 2. The minimum Gasteiger partial charge on any atom is -0.382 e. The number of amides is 1. The highest BCUT2D eigenvalue weighted by atomic mass is 32.1. The Morgan fingerprint density at radius 1 is 1.38 bits per heavy atom. The molecule has 6 heteroatoms. The highest BCUT2D eigenvalue weighted by Gasteiger charge is 2.28. The first kappa shape index (κ1) is 16.1. The molecule has 0 radical (unpaired) electrons. The Kier molecular flexibility index (Phi) is 5.45. The molecule has 0 aliphatic heterocycles. The first-order valence-corrected chi connectivity index (χ1v) is 8.65. The van der Waals surface area contributed by atoms with Gasteiger partial charge in [0, 0.05) is 19.6 Å². The number of aromatic nitrogens is 1. The molecule has 21 heavy (non-hydrogen) atoms. The van der Waals surface area contributed by atoms with Crippen LogP contribution in [0.15, 0.2) is 0 Å². The minimum absolute atomic E-state index is 0.00843. The van der Waals surface area contributed by atoms with Crippen LogP contribution in [0.1, 0.15) is 55.6 Å². The van der Waals surface area contributed by atoms with Gasteiger partial charge in [-0.05, 0) is 38.5 Å². The maximum Gasteiger partial charge on any atom is 0.267 e. The van der Waals surface area contributed by atoms with Gasteiger partial charge < -0.3 is 16.0 Å². The van der Waals surface area contributed by atoms with E-state index in [-0.39, 0.29) is 5.91 Å². The first-order chi connectivity index (χ1) is 10.1. The normalized spacial score (nSPS) is 22.0. The Labute approximate surface area is 130 Å². The fourth-order valence-electron chi connectivity index (χ4n) is 2.98. The summed E-state index contributed by atoms with van der Waals surface area (Å²) in [5, 5.41) is 3.84. The topological polar surface area (TPSA) is 71.2 Å². The molecule has 1 fully saturated rings. The number of hydrogen-bond donors (Lipinski definition) is 2. The molecule has 0 atom stereocenters. The van der Waals surface area contributed by atoms with Crippen LogP contribution in [-0.4, -0.2) is 35.4 Å². The van der Waals surface area contributed by atoms with Crippen LogP contribution < -0.4 is 11.1 Å². The Morgan fingerprint density at radius 2 is 2.05 bits per heavy atom. The second-order valence-corrected chi connectivity index (χ2v) is 6.76. The Balaban J connectivity index is 2.02. The van der Waals surface area contributed by atoms with Crippen molar-refractivity contribution in [3.63, 3.8) is 0 Å². The Hall–Kier alpha value is -1.30. The van der Waals surface area contributed by atoms with E-state index in [1.54, 1.807) is 0 Å². The number of nitrogens with two attached hydrogens (primary N) is 1. The summed E-state index contributed by atoms with van der Waals surface area (Å²) in [4.78, 5) is 19.3. The third-order valence-corrected chi connectivity index (χ3v) is 5.45. The van der Waals surface area contributed by atoms with Crippen LogP contribution in [-0.2, 0) is 0 Å². The largest absolute Gasteiger partial charge is 0.382 e. The summed E-state index contributed by atoms with van der Waals surface area (Å²) in [6, 6.07) is 0.337. The van der Waals surface area contributed by atoms with Crippen LogP contribution in [0.4, 0.5) is 10.9 Å². The average Bonchev–Trinajstić information content (AvgIpc) is 2.87. The molecule has 2 rings (SSSR count). The van der Waals surface area contributed by atoms with Crippen molar-refractivity contribution in [2.24, 2.45) is 5.92 Å². The molecule has 5 nitrogen and oxygen atoms in total. The van der Waals surface area contributed by atoms with E-state index in [1.807, 2.05) is 18.9 Å². The van der Waals surface area contributed by atoms with Crippen LogP contribution in [0.25, 0.3) is 0 Å². The molecule has 1 saturated carbocycles. The van der Waals surface area contributed by atoms with Gasteiger partial charge in [-0.25, -0.2) is 4.98 Å². The second kappa shape index (κ2) is 7.11. The molecule has 0 bridgehead atoms. The predicted octanol–water partition coefficient (Wildman–Crippen LogP) is 3.20. The fraction of sp³-hybridized carbons (Fsp3) is 0.733.